The minimum Gasteiger partial charge on any atom is -0.469 e. The van der Waals surface area contributed by atoms with Crippen LogP contribution in [0, 0.1) is 5.92 Å². The second-order valence-corrected chi connectivity index (χ2v) is 4.61. The smallest absolute Gasteiger partial charge is 0.310 e. The SMILES string of the molecule is COC(=O)[C@H]1CCCN(C)[C@H]1c1ccccc1. The van der Waals surface area contributed by atoms with E-state index >= 15 is 0 Å². The van der Waals surface area contributed by atoms with E-state index in [4.69, 9.17) is 4.74 Å². The molecule has 1 fully saturated rings. The standard InChI is InChI=1S/C14H19NO2/c1-15-10-6-9-12(14(16)17-2)13(15)11-7-4-3-5-8-11/h3-5,7-8,12-13H,6,9-10H2,1-2H3/t12-,13-/m0/s1. The van der Waals surface area contributed by atoms with Crippen molar-refractivity contribution in [2.24, 2.45) is 5.92 Å². The van der Waals surface area contributed by atoms with Gasteiger partial charge in [0.05, 0.1) is 13.0 Å². The Bertz CT molecular complexity index is 377. The Balaban J connectivity index is 2.28. The minimum atomic E-state index is -0.0922. The number of carbonyl (C=O) groups is 1. The van der Waals surface area contributed by atoms with E-state index in [9.17, 15) is 4.79 Å². The predicted molar refractivity (Wildman–Crippen MR) is 66.6 cm³/mol. The normalized spacial score (nSPS) is 25.5. The number of hydrogen-bond donors (Lipinski definition) is 0. The van der Waals surface area contributed by atoms with E-state index in [1.165, 1.54) is 12.7 Å². The third-order valence-electron chi connectivity index (χ3n) is 3.53. The molecule has 0 amide bonds. The molecule has 1 aliphatic heterocycles. The van der Waals surface area contributed by atoms with Crippen LogP contribution in [0.1, 0.15) is 24.4 Å². The van der Waals surface area contributed by atoms with E-state index in [1.807, 2.05) is 18.2 Å². The van der Waals surface area contributed by atoms with Crippen LogP contribution in [0.5, 0.6) is 0 Å². The first-order valence-electron chi connectivity index (χ1n) is 6.07. The fraction of sp³-hybridized carbons (Fsp3) is 0.500. The molecule has 17 heavy (non-hydrogen) atoms. The molecule has 3 heteroatoms. The molecule has 1 aliphatic rings. The van der Waals surface area contributed by atoms with Gasteiger partial charge < -0.3 is 4.74 Å². The van der Waals surface area contributed by atoms with Crippen molar-refractivity contribution < 1.29 is 9.53 Å². The summed E-state index contributed by atoms with van der Waals surface area (Å²) >= 11 is 0. The lowest BCUT2D eigenvalue weighted by Gasteiger charge is -2.38. The zero-order valence-electron chi connectivity index (χ0n) is 10.4. The van der Waals surface area contributed by atoms with Crippen LogP contribution in [0.2, 0.25) is 0 Å². The highest BCUT2D eigenvalue weighted by molar-refractivity contribution is 5.73. The number of likely N-dealkylation sites (tertiary alicyclic amines) is 1. The molecule has 0 aliphatic carbocycles. The Kier molecular flexibility index (Phi) is 3.79. The van der Waals surface area contributed by atoms with Crippen LogP contribution >= 0.6 is 0 Å². The molecular weight excluding hydrogens is 214 g/mol. The van der Waals surface area contributed by atoms with Crippen molar-refractivity contribution in [3.05, 3.63) is 35.9 Å². The first-order valence-corrected chi connectivity index (χ1v) is 6.07. The second kappa shape index (κ2) is 5.32. The molecule has 1 heterocycles. The molecule has 0 spiro atoms. The molecular formula is C14H19NO2. The number of esters is 1. The number of rotatable bonds is 2. The Morgan fingerprint density at radius 1 is 1.35 bits per heavy atom. The van der Waals surface area contributed by atoms with E-state index in [1.54, 1.807) is 0 Å². The summed E-state index contributed by atoms with van der Waals surface area (Å²) < 4.78 is 4.92. The lowest BCUT2D eigenvalue weighted by Crippen LogP contribution is -2.40. The summed E-state index contributed by atoms with van der Waals surface area (Å²) in [5.41, 5.74) is 1.20. The lowest BCUT2D eigenvalue weighted by atomic mass is 9.85. The van der Waals surface area contributed by atoms with Gasteiger partial charge in [-0.2, -0.15) is 0 Å². The van der Waals surface area contributed by atoms with Gasteiger partial charge in [0.25, 0.3) is 0 Å². The largest absolute Gasteiger partial charge is 0.469 e. The molecule has 0 saturated carbocycles. The van der Waals surface area contributed by atoms with Crippen LogP contribution in [-0.4, -0.2) is 31.6 Å². The number of ether oxygens (including phenoxy) is 1. The number of nitrogens with zero attached hydrogens (tertiary/aromatic N) is 1. The highest BCUT2D eigenvalue weighted by Gasteiger charge is 2.35. The van der Waals surface area contributed by atoms with Crippen molar-refractivity contribution in [1.29, 1.82) is 0 Å². The molecule has 0 bridgehead atoms. The van der Waals surface area contributed by atoms with Gasteiger partial charge in [0, 0.05) is 6.04 Å². The zero-order valence-corrected chi connectivity index (χ0v) is 10.4. The molecule has 0 N–H and O–H groups in total. The number of piperidine rings is 1. The fourth-order valence-corrected chi connectivity index (χ4v) is 2.70. The van der Waals surface area contributed by atoms with Crippen molar-refractivity contribution in [3.8, 4) is 0 Å². The number of hydrogen-bond acceptors (Lipinski definition) is 3. The monoisotopic (exact) mass is 233 g/mol. The number of carbonyl (C=O) groups excluding carboxylic acids is 1. The molecule has 1 saturated heterocycles. The van der Waals surface area contributed by atoms with Crippen molar-refractivity contribution >= 4 is 5.97 Å². The highest BCUT2D eigenvalue weighted by atomic mass is 16.5. The molecule has 2 rings (SSSR count). The first-order chi connectivity index (χ1) is 8.24. The van der Waals surface area contributed by atoms with Gasteiger partial charge in [-0.3, -0.25) is 9.69 Å². The number of methoxy groups -OCH3 is 1. The molecule has 0 aromatic heterocycles. The maximum Gasteiger partial charge on any atom is 0.310 e. The van der Waals surface area contributed by atoms with Gasteiger partial charge in [-0.1, -0.05) is 30.3 Å². The summed E-state index contributed by atoms with van der Waals surface area (Å²) in [5, 5.41) is 0. The molecule has 92 valence electrons. The van der Waals surface area contributed by atoms with Crippen LogP contribution < -0.4 is 0 Å². The summed E-state index contributed by atoms with van der Waals surface area (Å²) in [6.07, 6.45) is 1.97. The third-order valence-corrected chi connectivity index (χ3v) is 3.53. The van der Waals surface area contributed by atoms with Gasteiger partial charge in [0.15, 0.2) is 0 Å². The quantitative estimate of drug-likeness (QED) is 0.734. The van der Waals surface area contributed by atoms with Gasteiger partial charge in [0.2, 0.25) is 0 Å². The summed E-state index contributed by atoms with van der Waals surface area (Å²) in [4.78, 5) is 14.1. The molecule has 2 atom stereocenters. The topological polar surface area (TPSA) is 29.5 Å². The first kappa shape index (κ1) is 12.1. The average Bonchev–Trinajstić information content (AvgIpc) is 2.38. The Labute approximate surface area is 102 Å². The van der Waals surface area contributed by atoms with E-state index in [0.29, 0.717) is 0 Å². The maximum atomic E-state index is 11.8. The van der Waals surface area contributed by atoms with Crippen molar-refractivity contribution in [2.45, 2.75) is 18.9 Å². The van der Waals surface area contributed by atoms with Crippen molar-refractivity contribution in [2.75, 3.05) is 20.7 Å². The van der Waals surface area contributed by atoms with E-state index < -0.39 is 0 Å². The van der Waals surface area contributed by atoms with E-state index in [0.717, 1.165) is 19.4 Å². The molecule has 3 nitrogen and oxygen atoms in total. The fourth-order valence-electron chi connectivity index (χ4n) is 2.70. The van der Waals surface area contributed by atoms with Gasteiger partial charge in [0.1, 0.15) is 0 Å². The van der Waals surface area contributed by atoms with Crippen molar-refractivity contribution in [1.82, 2.24) is 4.90 Å². The Morgan fingerprint density at radius 3 is 2.71 bits per heavy atom. The van der Waals surface area contributed by atoms with Crippen LogP contribution in [0.25, 0.3) is 0 Å². The summed E-state index contributed by atoms with van der Waals surface area (Å²) in [5.74, 6) is -0.133. The Morgan fingerprint density at radius 2 is 2.06 bits per heavy atom. The lowest BCUT2D eigenvalue weighted by molar-refractivity contribution is -0.149. The second-order valence-electron chi connectivity index (χ2n) is 4.61. The highest BCUT2D eigenvalue weighted by Crippen LogP contribution is 2.35. The summed E-state index contributed by atoms with van der Waals surface area (Å²) in [6, 6.07) is 10.4. The Hall–Kier alpha value is -1.35. The van der Waals surface area contributed by atoms with Crippen molar-refractivity contribution in [3.63, 3.8) is 0 Å². The number of benzene rings is 1. The van der Waals surface area contributed by atoms with Crippen LogP contribution in [0.3, 0.4) is 0 Å². The average molecular weight is 233 g/mol. The molecule has 0 unspecified atom stereocenters. The van der Waals surface area contributed by atoms with Crippen LogP contribution in [-0.2, 0) is 9.53 Å². The maximum absolute atomic E-state index is 11.8. The van der Waals surface area contributed by atoms with E-state index in [2.05, 4.69) is 24.1 Å². The third kappa shape index (κ3) is 2.50. The van der Waals surface area contributed by atoms with E-state index in [-0.39, 0.29) is 17.9 Å². The van der Waals surface area contributed by atoms with Gasteiger partial charge in [-0.05, 0) is 32.0 Å². The summed E-state index contributed by atoms with van der Waals surface area (Å²) in [6.45, 7) is 1.03. The van der Waals surface area contributed by atoms with Gasteiger partial charge in [-0.25, -0.2) is 0 Å². The van der Waals surface area contributed by atoms with Gasteiger partial charge >= 0.3 is 5.97 Å². The van der Waals surface area contributed by atoms with Crippen LogP contribution in [0.15, 0.2) is 30.3 Å². The predicted octanol–water partition coefficient (Wildman–Crippen LogP) is 2.24. The molecule has 1 aromatic carbocycles. The van der Waals surface area contributed by atoms with Gasteiger partial charge in [-0.15, -0.1) is 0 Å². The minimum absolute atomic E-state index is 0.0406. The molecule has 0 radical (unpaired) electrons. The zero-order chi connectivity index (χ0) is 12.3. The summed E-state index contributed by atoms with van der Waals surface area (Å²) in [7, 11) is 3.55. The van der Waals surface area contributed by atoms with Crippen LogP contribution in [0.4, 0.5) is 0 Å². The molecule has 1 aromatic rings.